The molecule has 26 heavy (non-hydrogen) atoms. The SMILES string of the molecule is CN=C(NCc1ccc(N2CCCCCC2)nc1)NCc1cccs1.I. The summed E-state index contributed by atoms with van der Waals surface area (Å²) in [6, 6.07) is 8.49. The molecule has 0 radical (unpaired) electrons. The summed E-state index contributed by atoms with van der Waals surface area (Å²) in [5.41, 5.74) is 1.16. The van der Waals surface area contributed by atoms with E-state index in [1.165, 1.54) is 30.6 Å². The van der Waals surface area contributed by atoms with Gasteiger partial charge in [-0.05, 0) is 35.9 Å². The second-order valence-electron chi connectivity index (χ2n) is 6.28. The Morgan fingerprint density at radius 3 is 2.50 bits per heavy atom. The first-order chi connectivity index (χ1) is 12.3. The molecule has 1 fully saturated rings. The van der Waals surface area contributed by atoms with Crippen molar-refractivity contribution in [2.24, 2.45) is 4.99 Å². The molecule has 2 aromatic heterocycles. The molecule has 0 spiro atoms. The third-order valence-corrected chi connectivity index (χ3v) is 5.31. The highest BCUT2D eigenvalue weighted by atomic mass is 127. The molecule has 1 aliphatic rings. The molecule has 5 nitrogen and oxygen atoms in total. The maximum absolute atomic E-state index is 4.66. The molecule has 0 bridgehead atoms. The van der Waals surface area contributed by atoms with Gasteiger partial charge in [-0.25, -0.2) is 4.98 Å². The summed E-state index contributed by atoms with van der Waals surface area (Å²) in [4.78, 5) is 12.6. The maximum Gasteiger partial charge on any atom is 0.191 e. The van der Waals surface area contributed by atoms with Crippen molar-refractivity contribution in [3.8, 4) is 0 Å². The molecule has 142 valence electrons. The van der Waals surface area contributed by atoms with E-state index in [-0.39, 0.29) is 24.0 Å². The lowest BCUT2D eigenvalue weighted by Gasteiger charge is -2.21. The molecule has 3 rings (SSSR count). The fourth-order valence-corrected chi connectivity index (χ4v) is 3.64. The van der Waals surface area contributed by atoms with E-state index in [1.54, 1.807) is 18.4 Å². The Kier molecular flexibility index (Phi) is 9.17. The first kappa shape index (κ1) is 21.0. The van der Waals surface area contributed by atoms with Crippen LogP contribution in [0.4, 0.5) is 5.82 Å². The summed E-state index contributed by atoms with van der Waals surface area (Å²) >= 11 is 1.75. The summed E-state index contributed by atoms with van der Waals surface area (Å²) in [5, 5.41) is 8.77. The largest absolute Gasteiger partial charge is 0.357 e. The van der Waals surface area contributed by atoms with Crippen molar-refractivity contribution in [1.82, 2.24) is 15.6 Å². The number of nitrogens with zero attached hydrogens (tertiary/aromatic N) is 3. The quantitative estimate of drug-likeness (QED) is 0.382. The Hall–Kier alpha value is -1.35. The molecule has 2 N–H and O–H groups in total. The predicted octanol–water partition coefficient (Wildman–Crippen LogP) is 4.01. The van der Waals surface area contributed by atoms with E-state index in [0.717, 1.165) is 43.5 Å². The number of pyridine rings is 1. The zero-order valence-corrected chi connectivity index (χ0v) is 18.4. The summed E-state index contributed by atoms with van der Waals surface area (Å²) in [6.07, 6.45) is 7.21. The minimum atomic E-state index is 0. The van der Waals surface area contributed by atoms with Gasteiger partial charge in [0.1, 0.15) is 5.82 Å². The first-order valence-electron chi connectivity index (χ1n) is 9.02. The fraction of sp³-hybridized carbons (Fsp3) is 0.474. The average Bonchev–Trinajstić information content (AvgIpc) is 3.03. The molecule has 7 heteroatoms. The number of nitrogens with one attached hydrogen (secondary N) is 2. The summed E-state index contributed by atoms with van der Waals surface area (Å²) in [7, 11) is 1.80. The van der Waals surface area contributed by atoms with Crippen LogP contribution in [-0.2, 0) is 13.1 Å². The number of hydrogen-bond acceptors (Lipinski definition) is 4. The minimum Gasteiger partial charge on any atom is -0.357 e. The van der Waals surface area contributed by atoms with Crippen LogP contribution in [0.5, 0.6) is 0 Å². The molecule has 1 aliphatic heterocycles. The zero-order valence-electron chi connectivity index (χ0n) is 15.3. The number of hydrogen-bond donors (Lipinski definition) is 2. The average molecular weight is 485 g/mol. The van der Waals surface area contributed by atoms with Crippen molar-refractivity contribution in [2.75, 3.05) is 25.0 Å². The minimum absolute atomic E-state index is 0. The van der Waals surface area contributed by atoms with Crippen LogP contribution in [0.15, 0.2) is 40.8 Å². The van der Waals surface area contributed by atoms with Crippen LogP contribution >= 0.6 is 35.3 Å². The molecular formula is C19H28IN5S. The van der Waals surface area contributed by atoms with Gasteiger partial charge in [0.05, 0.1) is 6.54 Å². The van der Waals surface area contributed by atoms with Crippen molar-refractivity contribution in [1.29, 1.82) is 0 Å². The number of aliphatic imine (C=N–C) groups is 1. The molecule has 0 unspecified atom stereocenters. The second-order valence-corrected chi connectivity index (χ2v) is 7.32. The Morgan fingerprint density at radius 1 is 1.12 bits per heavy atom. The van der Waals surface area contributed by atoms with Gasteiger partial charge in [-0.15, -0.1) is 35.3 Å². The smallest absolute Gasteiger partial charge is 0.191 e. The fourth-order valence-electron chi connectivity index (χ4n) is 3.00. The van der Waals surface area contributed by atoms with Crippen LogP contribution in [0.25, 0.3) is 0 Å². The summed E-state index contributed by atoms with van der Waals surface area (Å²) in [5.74, 6) is 1.91. The van der Waals surface area contributed by atoms with E-state index in [9.17, 15) is 0 Å². The van der Waals surface area contributed by atoms with Gasteiger partial charge in [-0.2, -0.15) is 0 Å². The second kappa shape index (κ2) is 11.4. The topological polar surface area (TPSA) is 52.6 Å². The van der Waals surface area contributed by atoms with Crippen LogP contribution in [0.3, 0.4) is 0 Å². The van der Waals surface area contributed by atoms with Crippen LogP contribution in [0, 0.1) is 0 Å². The van der Waals surface area contributed by atoms with E-state index >= 15 is 0 Å². The standard InChI is InChI=1S/C19H27N5S.HI/c1-20-19(23-15-17-7-6-12-25-17)22-14-16-8-9-18(21-13-16)24-10-4-2-3-5-11-24;/h6-9,12-13H,2-5,10-11,14-15H2,1H3,(H2,20,22,23);1H. The van der Waals surface area contributed by atoms with E-state index in [1.807, 2.05) is 6.20 Å². The molecule has 0 aromatic carbocycles. The first-order valence-corrected chi connectivity index (χ1v) is 9.90. The van der Waals surface area contributed by atoms with Gasteiger partial charge >= 0.3 is 0 Å². The van der Waals surface area contributed by atoms with Crippen molar-refractivity contribution in [3.05, 3.63) is 46.3 Å². The van der Waals surface area contributed by atoms with Gasteiger partial charge in [0.2, 0.25) is 0 Å². The van der Waals surface area contributed by atoms with Crippen molar-refractivity contribution < 1.29 is 0 Å². The molecule has 3 heterocycles. The van der Waals surface area contributed by atoms with Crippen LogP contribution < -0.4 is 15.5 Å². The van der Waals surface area contributed by atoms with E-state index in [0.29, 0.717) is 0 Å². The van der Waals surface area contributed by atoms with Crippen LogP contribution in [-0.4, -0.2) is 31.1 Å². The molecule has 2 aromatic rings. The third-order valence-electron chi connectivity index (χ3n) is 4.43. The number of rotatable bonds is 5. The lowest BCUT2D eigenvalue weighted by atomic mass is 10.2. The van der Waals surface area contributed by atoms with Crippen molar-refractivity contribution in [2.45, 2.75) is 38.8 Å². The van der Waals surface area contributed by atoms with Gasteiger partial charge in [0.15, 0.2) is 5.96 Å². The predicted molar refractivity (Wildman–Crippen MR) is 122 cm³/mol. The van der Waals surface area contributed by atoms with Crippen molar-refractivity contribution >= 4 is 47.1 Å². The normalized spacial score (nSPS) is 15.1. The molecule has 0 amide bonds. The molecule has 0 aliphatic carbocycles. The summed E-state index contributed by atoms with van der Waals surface area (Å²) in [6.45, 7) is 3.77. The van der Waals surface area contributed by atoms with Crippen LogP contribution in [0.2, 0.25) is 0 Å². The van der Waals surface area contributed by atoms with Gasteiger partial charge in [0, 0.05) is 37.8 Å². The molecule has 0 saturated carbocycles. The maximum atomic E-state index is 4.66. The van der Waals surface area contributed by atoms with E-state index < -0.39 is 0 Å². The highest BCUT2D eigenvalue weighted by Gasteiger charge is 2.10. The summed E-state index contributed by atoms with van der Waals surface area (Å²) < 4.78 is 0. The lowest BCUT2D eigenvalue weighted by molar-refractivity contribution is 0.726. The van der Waals surface area contributed by atoms with Crippen LogP contribution in [0.1, 0.15) is 36.1 Å². The third kappa shape index (κ3) is 6.42. The van der Waals surface area contributed by atoms with E-state index in [2.05, 4.69) is 55.2 Å². The molecular weight excluding hydrogens is 457 g/mol. The number of anilines is 1. The molecule has 0 atom stereocenters. The van der Waals surface area contributed by atoms with Crippen molar-refractivity contribution in [3.63, 3.8) is 0 Å². The van der Waals surface area contributed by atoms with Gasteiger partial charge in [-0.1, -0.05) is 25.0 Å². The lowest BCUT2D eigenvalue weighted by Crippen LogP contribution is -2.36. The number of thiophene rings is 1. The highest BCUT2D eigenvalue weighted by molar-refractivity contribution is 14.0. The molecule has 1 saturated heterocycles. The number of guanidine groups is 1. The number of aromatic nitrogens is 1. The van der Waals surface area contributed by atoms with Gasteiger partial charge < -0.3 is 15.5 Å². The Labute approximate surface area is 177 Å². The van der Waals surface area contributed by atoms with Gasteiger partial charge in [-0.3, -0.25) is 4.99 Å². The Balaban J connectivity index is 0.00000243. The Morgan fingerprint density at radius 2 is 1.88 bits per heavy atom. The van der Waals surface area contributed by atoms with E-state index in [4.69, 9.17) is 0 Å². The monoisotopic (exact) mass is 485 g/mol. The highest BCUT2D eigenvalue weighted by Crippen LogP contribution is 2.17. The number of halogens is 1. The Bertz CT molecular complexity index is 649. The van der Waals surface area contributed by atoms with Gasteiger partial charge in [0.25, 0.3) is 0 Å². The zero-order chi connectivity index (χ0) is 17.3.